The highest BCUT2D eigenvalue weighted by molar-refractivity contribution is 7.89. The van der Waals surface area contributed by atoms with Crippen molar-refractivity contribution in [2.24, 2.45) is 0 Å². The van der Waals surface area contributed by atoms with E-state index >= 15 is 0 Å². The number of hydrogen-bond donors (Lipinski definition) is 1. The molecule has 0 atom stereocenters. The molecule has 0 amide bonds. The van der Waals surface area contributed by atoms with E-state index in [1.165, 1.54) is 38.5 Å². The van der Waals surface area contributed by atoms with Crippen molar-refractivity contribution in [1.82, 2.24) is 4.72 Å². The van der Waals surface area contributed by atoms with Gasteiger partial charge in [-0.1, -0.05) is 0 Å². The molecule has 0 aliphatic rings. The normalized spacial score (nSPS) is 10.8. The summed E-state index contributed by atoms with van der Waals surface area (Å²) in [6, 6.07) is 11.0. The lowest BCUT2D eigenvalue weighted by Crippen LogP contribution is -2.23. The molecule has 7 nitrogen and oxygen atoms in total. The van der Waals surface area contributed by atoms with Crippen molar-refractivity contribution in [3.63, 3.8) is 0 Å². The van der Waals surface area contributed by atoms with Gasteiger partial charge in [0.15, 0.2) is 11.5 Å². The van der Waals surface area contributed by atoms with Gasteiger partial charge in [0.1, 0.15) is 0 Å². The number of benzene rings is 2. The Morgan fingerprint density at radius 3 is 2.12 bits per heavy atom. The molecule has 0 saturated carbocycles. The van der Waals surface area contributed by atoms with Crippen molar-refractivity contribution >= 4 is 10.0 Å². The molecule has 0 heterocycles. The lowest BCUT2D eigenvalue weighted by atomic mass is 10.2. The first kappa shape index (κ1) is 19.6. The van der Waals surface area contributed by atoms with E-state index in [4.69, 9.17) is 19.5 Å². The molecule has 0 bridgehead atoms. The van der Waals surface area contributed by atoms with Crippen LogP contribution in [0.5, 0.6) is 17.2 Å². The molecular formula is C18H20N2O5S. The predicted molar refractivity (Wildman–Crippen MR) is 95.9 cm³/mol. The van der Waals surface area contributed by atoms with E-state index in [9.17, 15) is 8.42 Å². The number of rotatable bonds is 8. The van der Waals surface area contributed by atoms with Gasteiger partial charge in [-0.25, -0.2) is 13.1 Å². The Kier molecular flexibility index (Phi) is 6.44. The van der Waals surface area contributed by atoms with Gasteiger partial charge in [-0.15, -0.1) is 0 Å². The van der Waals surface area contributed by atoms with E-state index in [1.54, 1.807) is 12.1 Å². The molecule has 26 heavy (non-hydrogen) atoms. The zero-order valence-electron chi connectivity index (χ0n) is 14.8. The van der Waals surface area contributed by atoms with Crippen LogP contribution in [-0.4, -0.2) is 29.2 Å². The molecule has 0 unspecified atom stereocenters. The van der Waals surface area contributed by atoms with Gasteiger partial charge in [-0.3, -0.25) is 0 Å². The molecule has 2 aromatic rings. The number of hydrogen-bond acceptors (Lipinski definition) is 6. The predicted octanol–water partition coefficient (Wildman–Crippen LogP) is 2.45. The third-order valence-corrected chi connectivity index (χ3v) is 4.99. The second kappa shape index (κ2) is 8.56. The topological polar surface area (TPSA) is 97.6 Å². The average molecular weight is 376 g/mol. The SMILES string of the molecule is CCOc1c(OC)cc(CNS(=O)(=O)c2ccc(C#N)cc2)cc1OC. The number of nitriles is 1. The molecule has 0 aromatic heterocycles. The van der Waals surface area contributed by atoms with E-state index in [2.05, 4.69) is 4.72 Å². The highest BCUT2D eigenvalue weighted by Gasteiger charge is 2.17. The van der Waals surface area contributed by atoms with Crippen LogP contribution in [0.25, 0.3) is 0 Å². The molecule has 0 spiro atoms. The van der Waals surface area contributed by atoms with Gasteiger partial charge in [0.05, 0.1) is 37.4 Å². The minimum atomic E-state index is -3.72. The highest BCUT2D eigenvalue weighted by Crippen LogP contribution is 2.38. The highest BCUT2D eigenvalue weighted by atomic mass is 32.2. The Bertz CT molecular complexity index is 877. The van der Waals surface area contributed by atoms with Crippen molar-refractivity contribution in [3.05, 3.63) is 47.5 Å². The third-order valence-electron chi connectivity index (χ3n) is 3.57. The summed E-state index contributed by atoms with van der Waals surface area (Å²) in [7, 11) is -0.711. The van der Waals surface area contributed by atoms with E-state index < -0.39 is 10.0 Å². The Balaban J connectivity index is 2.23. The van der Waals surface area contributed by atoms with Gasteiger partial charge < -0.3 is 14.2 Å². The fraction of sp³-hybridized carbons (Fsp3) is 0.278. The van der Waals surface area contributed by atoms with Gasteiger partial charge in [-0.2, -0.15) is 5.26 Å². The number of sulfonamides is 1. The summed E-state index contributed by atoms with van der Waals surface area (Å²) in [6.07, 6.45) is 0. The summed E-state index contributed by atoms with van der Waals surface area (Å²) < 4.78 is 43.5. The van der Waals surface area contributed by atoms with Gasteiger partial charge in [0.25, 0.3) is 0 Å². The molecule has 0 fully saturated rings. The summed E-state index contributed by atoms with van der Waals surface area (Å²) in [5.41, 5.74) is 1.05. The Hall–Kier alpha value is -2.76. The molecule has 138 valence electrons. The summed E-state index contributed by atoms with van der Waals surface area (Å²) in [6.45, 7) is 2.33. The fourth-order valence-corrected chi connectivity index (χ4v) is 3.31. The van der Waals surface area contributed by atoms with E-state index in [0.29, 0.717) is 35.0 Å². The van der Waals surface area contributed by atoms with Crippen molar-refractivity contribution in [2.75, 3.05) is 20.8 Å². The standard InChI is InChI=1S/C18H20N2O5S/c1-4-25-18-16(23-2)9-14(10-17(18)24-3)12-20-26(21,22)15-7-5-13(11-19)6-8-15/h5-10,20H,4,12H2,1-3H3. The molecule has 0 aliphatic carbocycles. The van der Waals surface area contributed by atoms with Crippen LogP contribution in [0, 0.1) is 11.3 Å². The molecule has 0 radical (unpaired) electrons. The molecule has 1 N–H and O–H groups in total. The van der Waals surface area contributed by atoms with Gasteiger partial charge in [0.2, 0.25) is 15.8 Å². The van der Waals surface area contributed by atoms with Crippen LogP contribution < -0.4 is 18.9 Å². The molecule has 0 saturated heterocycles. The first-order chi connectivity index (χ1) is 12.4. The van der Waals surface area contributed by atoms with Gasteiger partial charge in [0, 0.05) is 6.54 Å². The number of nitrogens with zero attached hydrogens (tertiary/aromatic N) is 1. The maximum Gasteiger partial charge on any atom is 0.240 e. The van der Waals surface area contributed by atoms with Gasteiger partial charge >= 0.3 is 0 Å². The summed E-state index contributed by atoms with van der Waals surface area (Å²) in [5, 5.41) is 8.79. The van der Waals surface area contributed by atoms with Crippen LogP contribution in [-0.2, 0) is 16.6 Å². The Morgan fingerprint density at radius 2 is 1.65 bits per heavy atom. The van der Waals surface area contributed by atoms with Crippen LogP contribution in [0.2, 0.25) is 0 Å². The quantitative estimate of drug-likeness (QED) is 0.760. The molecule has 2 aromatic carbocycles. The maximum atomic E-state index is 12.4. The molecular weight excluding hydrogens is 356 g/mol. The van der Waals surface area contributed by atoms with E-state index in [-0.39, 0.29) is 11.4 Å². The smallest absolute Gasteiger partial charge is 0.240 e. The summed E-state index contributed by atoms with van der Waals surface area (Å²) in [5.74, 6) is 1.38. The largest absolute Gasteiger partial charge is 0.493 e. The van der Waals surface area contributed by atoms with Crippen LogP contribution >= 0.6 is 0 Å². The first-order valence-electron chi connectivity index (χ1n) is 7.82. The zero-order valence-corrected chi connectivity index (χ0v) is 15.6. The van der Waals surface area contributed by atoms with Crippen molar-refractivity contribution in [3.8, 4) is 23.3 Å². The minimum absolute atomic E-state index is 0.0431. The third kappa shape index (κ3) is 4.45. The number of methoxy groups -OCH3 is 2. The maximum absolute atomic E-state index is 12.4. The van der Waals surface area contributed by atoms with E-state index in [1.807, 2.05) is 13.0 Å². The van der Waals surface area contributed by atoms with E-state index in [0.717, 1.165) is 0 Å². The number of ether oxygens (including phenoxy) is 3. The van der Waals surface area contributed by atoms with Crippen LogP contribution in [0.4, 0.5) is 0 Å². The van der Waals surface area contributed by atoms with Crippen LogP contribution in [0.3, 0.4) is 0 Å². The average Bonchev–Trinajstić information content (AvgIpc) is 2.67. The minimum Gasteiger partial charge on any atom is -0.493 e. The van der Waals surface area contributed by atoms with Crippen LogP contribution in [0.15, 0.2) is 41.3 Å². The van der Waals surface area contributed by atoms with Crippen molar-refractivity contribution in [2.45, 2.75) is 18.4 Å². The monoisotopic (exact) mass is 376 g/mol. The lowest BCUT2D eigenvalue weighted by Gasteiger charge is -2.15. The zero-order chi connectivity index (χ0) is 19.2. The fourth-order valence-electron chi connectivity index (χ4n) is 2.29. The lowest BCUT2D eigenvalue weighted by molar-refractivity contribution is 0.288. The van der Waals surface area contributed by atoms with Crippen LogP contribution in [0.1, 0.15) is 18.1 Å². The summed E-state index contributed by atoms with van der Waals surface area (Å²) in [4.78, 5) is 0.0846. The van der Waals surface area contributed by atoms with Gasteiger partial charge in [-0.05, 0) is 48.9 Å². The first-order valence-corrected chi connectivity index (χ1v) is 9.31. The molecule has 0 aliphatic heterocycles. The molecule has 2 rings (SSSR count). The van der Waals surface area contributed by atoms with Crippen molar-refractivity contribution < 1.29 is 22.6 Å². The second-order valence-corrected chi connectivity index (χ2v) is 6.99. The number of nitrogens with one attached hydrogen (secondary N) is 1. The Morgan fingerprint density at radius 1 is 1.08 bits per heavy atom. The summed E-state index contributed by atoms with van der Waals surface area (Å²) >= 11 is 0. The second-order valence-electron chi connectivity index (χ2n) is 5.22. The van der Waals surface area contributed by atoms with Crippen molar-refractivity contribution in [1.29, 1.82) is 5.26 Å². The molecule has 8 heteroatoms. The Labute approximate surface area is 153 Å².